The summed E-state index contributed by atoms with van der Waals surface area (Å²) in [6, 6.07) is 3.67. The first-order chi connectivity index (χ1) is 10.5. The number of primary amides is 1. The number of aromatic nitrogens is 1. The quantitative estimate of drug-likeness (QED) is 0.817. The van der Waals surface area contributed by atoms with Crippen molar-refractivity contribution in [2.75, 3.05) is 0 Å². The van der Waals surface area contributed by atoms with E-state index in [0.29, 0.717) is 4.70 Å². The van der Waals surface area contributed by atoms with Crippen molar-refractivity contribution in [2.24, 2.45) is 10.9 Å². The van der Waals surface area contributed by atoms with Gasteiger partial charge in [0, 0.05) is 6.07 Å². The number of carbonyl (C=O) groups is 1. The lowest BCUT2D eigenvalue weighted by Crippen LogP contribution is -2.38. The van der Waals surface area contributed by atoms with E-state index in [1.54, 1.807) is 0 Å². The highest BCUT2D eigenvalue weighted by Crippen LogP contribution is 2.31. The number of amides is 1. The van der Waals surface area contributed by atoms with E-state index in [1.165, 1.54) is 12.1 Å². The van der Waals surface area contributed by atoms with Crippen molar-refractivity contribution >= 4 is 37.5 Å². The number of carbonyl (C=O) groups excluding carboxylic acids is 1. The molecule has 126 valence electrons. The summed E-state index contributed by atoms with van der Waals surface area (Å²) in [6.45, 7) is 0. The van der Waals surface area contributed by atoms with E-state index in [4.69, 9.17) is 15.6 Å². The maximum Gasteiger partial charge on any atom is 0.425 e. The van der Waals surface area contributed by atoms with Crippen LogP contribution in [0.2, 0.25) is 0 Å². The Balaban J connectivity index is 2.34. The second kappa shape index (κ2) is 5.94. The van der Waals surface area contributed by atoms with Gasteiger partial charge in [-0.15, -0.1) is 11.3 Å². The number of fused-ring (bicyclic) bond motifs is 1. The molecule has 1 atom stereocenters. The lowest BCUT2D eigenvalue weighted by Gasteiger charge is -2.20. The van der Waals surface area contributed by atoms with Crippen LogP contribution in [-0.2, 0) is 14.8 Å². The van der Waals surface area contributed by atoms with E-state index >= 15 is 0 Å². The maximum absolute atomic E-state index is 12.8. The van der Waals surface area contributed by atoms with Crippen LogP contribution in [0.5, 0.6) is 5.75 Å². The zero-order valence-electron chi connectivity index (χ0n) is 11.2. The normalized spacial score (nSPS) is 13.9. The molecule has 12 heteroatoms. The number of nitrogens with two attached hydrogens (primary N) is 2. The largest absolute Gasteiger partial charge is 0.480 e. The van der Waals surface area contributed by atoms with Crippen molar-refractivity contribution in [1.82, 2.24) is 4.98 Å². The van der Waals surface area contributed by atoms with Gasteiger partial charge in [0.15, 0.2) is 0 Å². The molecule has 1 heterocycles. The summed E-state index contributed by atoms with van der Waals surface area (Å²) in [5.74, 6) is -1.40. The molecule has 7 nitrogen and oxygen atoms in total. The summed E-state index contributed by atoms with van der Waals surface area (Å²) >= 11 is 0.772. The lowest BCUT2D eigenvalue weighted by atomic mass is 10.2. The highest BCUT2D eigenvalue weighted by molar-refractivity contribution is 7.91. The summed E-state index contributed by atoms with van der Waals surface area (Å²) in [7, 11) is -4.01. The van der Waals surface area contributed by atoms with Gasteiger partial charge in [0.1, 0.15) is 5.75 Å². The molecule has 0 aliphatic heterocycles. The Morgan fingerprint density at radius 3 is 2.57 bits per heavy atom. The molecule has 23 heavy (non-hydrogen) atoms. The van der Waals surface area contributed by atoms with Gasteiger partial charge >= 0.3 is 6.18 Å². The average Bonchev–Trinajstić information content (AvgIpc) is 2.79. The molecule has 0 unspecified atom stereocenters. The Hall–Kier alpha value is -1.92. The Kier molecular flexibility index (Phi) is 4.50. The molecule has 4 N–H and O–H groups in total. The predicted octanol–water partition coefficient (Wildman–Crippen LogP) is 1.13. The Morgan fingerprint density at radius 1 is 1.39 bits per heavy atom. The fourth-order valence-electron chi connectivity index (χ4n) is 1.65. The second-order valence-electron chi connectivity index (χ2n) is 4.47. The third kappa shape index (κ3) is 4.30. The number of nitrogens with zero attached hydrogens (tertiary/aromatic N) is 1. The van der Waals surface area contributed by atoms with E-state index in [-0.39, 0.29) is 15.6 Å². The number of ether oxygens (including phenoxy) is 1. The van der Waals surface area contributed by atoms with E-state index in [1.807, 2.05) is 0 Å². The monoisotopic (exact) mass is 369 g/mol. The molecule has 0 radical (unpaired) electrons. The molecular formula is C11H10F3N3O4S2. The zero-order chi connectivity index (χ0) is 17.4. The zero-order valence-corrected chi connectivity index (χ0v) is 12.8. The van der Waals surface area contributed by atoms with Gasteiger partial charge in [0.25, 0.3) is 10.0 Å². The molecule has 0 saturated heterocycles. The number of hydrogen-bond acceptors (Lipinski definition) is 6. The standard InChI is InChI=1S/C11H10F3N3O4S2/c12-11(13,14)8(4-9(15)18)21-5-1-2-7-6(3-5)17-10(22-7)23(16,19)20/h1-3,8H,4H2,(H2,15,18)(H2,16,19,20)/t8-/m1/s1. The minimum Gasteiger partial charge on any atom is -0.480 e. The summed E-state index contributed by atoms with van der Waals surface area (Å²) in [5, 5.41) is 4.94. The van der Waals surface area contributed by atoms with Gasteiger partial charge in [-0.25, -0.2) is 18.5 Å². The molecule has 2 aromatic rings. The van der Waals surface area contributed by atoms with Gasteiger partial charge in [0.05, 0.1) is 16.6 Å². The summed E-state index contributed by atoms with van der Waals surface area (Å²) in [5.41, 5.74) is 4.88. The van der Waals surface area contributed by atoms with Crippen LogP contribution < -0.4 is 15.6 Å². The van der Waals surface area contributed by atoms with Crippen molar-refractivity contribution in [3.8, 4) is 5.75 Å². The molecule has 2 rings (SSSR count). The smallest absolute Gasteiger partial charge is 0.425 e. The highest BCUT2D eigenvalue weighted by Gasteiger charge is 2.42. The van der Waals surface area contributed by atoms with Gasteiger partial charge in [-0.2, -0.15) is 13.2 Å². The number of primary sulfonamides is 1. The SMILES string of the molecule is NC(=O)C[C@@H](Oc1ccc2sc(S(N)(=O)=O)nc2c1)C(F)(F)F. The molecule has 0 aliphatic carbocycles. The van der Waals surface area contributed by atoms with Crippen LogP contribution in [0.25, 0.3) is 10.2 Å². The summed E-state index contributed by atoms with van der Waals surface area (Å²) < 4.78 is 65.6. The molecule has 0 spiro atoms. The first-order valence-corrected chi connectivity index (χ1v) is 8.28. The van der Waals surface area contributed by atoms with Crippen molar-refractivity contribution in [3.05, 3.63) is 18.2 Å². The second-order valence-corrected chi connectivity index (χ2v) is 7.24. The summed E-state index contributed by atoms with van der Waals surface area (Å²) in [6.07, 6.45) is -8.24. The number of rotatable bonds is 5. The predicted molar refractivity (Wildman–Crippen MR) is 75.3 cm³/mol. The van der Waals surface area contributed by atoms with Crippen LogP contribution in [0.1, 0.15) is 6.42 Å². The molecule has 1 aromatic carbocycles. The van der Waals surface area contributed by atoms with Crippen LogP contribution in [0, 0.1) is 0 Å². The minimum atomic E-state index is -4.79. The first kappa shape index (κ1) is 17.4. The number of benzene rings is 1. The van der Waals surface area contributed by atoms with E-state index in [9.17, 15) is 26.4 Å². The van der Waals surface area contributed by atoms with Crippen LogP contribution in [-0.4, -0.2) is 31.6 Å². The minimum absolute atomic E-state index is 0.108. The fourth-order valence-corrected chi connectivity index (χ4v) is 3.29. The van der Waals surface area contributed by atoms with Crippen LogP contribution in [0.15, 0.2) is 22.5 Å². The van der Waals surface area contributed by atoms with Crippen molar-refractivity contribution in [2.45, 2.75) is 23.0 Å². The van der Waals surface area contributed by atoms with Crippen LogP contribution >= 0.6 is 11.3 Å². The van der Waals surface area contributed by atoms with Gasteiger partial charge in [-0.3, -0.25) is 4.79 Å². The molecule has 0 aliphatic rings. The van der Waals surface area contributed by atoms with Crippen molar-refractivity contribution in [1.29, 1.82) is 0 Å². The molecule has 0 saturated carbocycles. The maximum atomic E-state index is 12.8. The van der Waals surface area contributed by atoms with E-state index in [0.717, 1.165) is 17.4 Å². The third-order valence-corrected chi connectivity index (χ3v) is 4.97. The number of alkyl halides is 3. The number of halogens is 3. The lowest BCUT2D eigenvalue weighted by molar-refractivity contribution is -0.197. The van der Waals surface area contributed by atoms with Crippen molar-refractivity contribution < 1.29 is 31.1 Å². The fraction of sp³-hybridized carbons (Fsp3) is 0.273. The number of thiazole rings is 1. The topological polar surface area (TPSA) is 125 Å². The van der Waals surface area contributed by atoms with Crippen molar-refractivity contribution in [3.63, 3.8) is 0 Å². The molecule has 0 bridgehead atoms. The molecule has 1 amide bonds. The van der Waals surface area contributed by atoms with Gasteiger partial charge in [0.2, 0.25) is 16.4 Å². The number of hydrogen-bond donors (Lipinski definition) is 2. The van der Waals surface area contributed by atoms with Crippen LogP contribution in [0.3, 0.4) is 0 Å². The Bertz CT molecular complexity index is 848. The Labute approximate surface area is 132 Å². The highest BCUT2D eigenvalue weighted by atomic mass is 32.2. The molecule has 0 fully saturated rings. The summed E-state index contributed by atoms with van der Waals surface area (Å²) in [4.78, 5) is 14.5. The van der Waals surface area contributed by atoms with Gasteiger partial charge in [-0.1, -0.05) is 0 Å². The van der Waals surface area contributed by atoms with Gasteiger partial charge in [-0.05, 0) is 12.1 Å². The average molecular weight is 369 g/mol. The number of sulfonamides is 1. The first-order valence-electron chi connectivity index (χ1n) is 5.92. The molecule has 1 aromatic heterocycles. The van der Waals surface area contributed by atoms with E-state index < -0.39 is 34.6 Å². The third-order valence-electron chi connectivity index (χ3n) is 2.61. The Morgan fingerprint density at radius 2 is 2.04 bits per heavy atom. The van der Waals surface area contributed by atoms with Crippen LogP contribution in [0.4, 0.5) is 13.2 Å². The molecular weight excluding hydrogens is 359 g/mol. The van der Waals surface area contributed by atoms with Gasteiger partial charge < -0.3 is 10.5 Å². The van der Waals surface area contributed by atoms with E-state index in [2.05, 4.69) is 4.98 Å².